The van der Waals surface area contributed by atoms with Gasteiger partial charge in [0.15, 0.2) is 6.04 Å². The van der Waals surface area contributed by atoms with Gasteiger partial charge in [0.2, 0.25) is 23.6 Å². The van der Waals surface area contributed by atoms with E-state index in [4.69, 9.17) is 11.5 Å². The van der Waals surface area contributed by atoms with E-state index in [2.05, 4.69) is 16.0 Å². The number of carbonyl (C=O) groups excluding carboxylic acids is 4. The molecule has 0 aliphatic carbocycles. The molecule has 0 fully saturated rings. The van der Waals surface area contributed by atoms with Crippen molar-refractivity contribution in [2.45, 2.75) is 70.3 Å². The molecule has 5 atom stereocenters. The molecule has 1 rings (SSSR count). The Bertz CT molecular complexity index is 892. The third-order valence-corrected chi connectivity index (χ3v) is 5.06. The van der Waals surface area contributed by atoms with Crippen molar-refractivity contribution in [3.63, 3.8) is 0 Å². The molecule has 0 bridgehead atoms. The van der Waals surface area contributed by atoms with Crippen molar-refractivity contribution in [3.8, 4) is 0 Å². The summed E-state index contributed by atoms with van der Waals surface area (Å²) in [6, 6.07) is 3.34. The average Bonchev–Trinajstić information content (AvgIpc) is 2.75. The third-order valence-electron chi connectivity index (χ3n) is 5.06. The number of amides is 4. The van der Waals surface area contributed by atoms with E-state index < -0.39 is 66.3 Å². The van der Waals surface area contributed by atoms with Gasteiger partial charge in [-0.15, -0.1) is 0 Å². The molecule has 1 aromatic rings. The number of benzene rings is 1. The van der Waals surface area contributed by atoms with Crippen molar-refractivity contribution in [1.29, 1.82) is 0 Å². The van der Waals surface area contributed by atoms with E-state index in [0.717, 1.165) is 0 Å². The van der Waals surface area contributed by atoms with Crippen molar-refractivity contribution in [2.24, 2.45) is 17.4 Å². The lowest BCUT2D eigenvalue weighted by Gasteiger charge is -2.25. The van der Waals surface area contributed by atoms with Crippen molar-refractivity contribution in [2.75, 3.05) is 0 Å². The molecule has 0 aliphatic heterocycles. The van der Waals surface area contributed by atoms with E-state index in [1.54, 1.807) is 30.3 Å². The van der Waals surface area contributed by atoms with E-state index in [1.165, 1.54) is 6.92 Å². The molecule has 194 valence electrons. The predicted molar refractivity (Wildman–Crippen MR) is 126 cm³/mol. The van der Waals surface area contributed by atoms with Gasteiger partial charge in [0, 0.05) is 6.42 Å². The zero-order valence-corrected chi connectivity index (χ0v) is 20.1. The number of aliphatic carboxylic acids is 1. The summed E-state index contributed by atoms with van der Waals surface area (Å²) in [6.07, 6.45) is -1.65. The zero-order chi connectivity index (χ0) is 26.7. The Hall–Kier alpha value is -3.51. The molecule has 0 aromatic heterocycles. The Balaban J connectivity index is 3.12. The minimum Gasteiger partial charge on any atom is -0.480 e. The lowest BCUT2D eigenvalue weighted by Crippen LogP contribution is -2.59. The maximum Gasteiger partial charge on any atom is 0.328 e. The summed E-state index contributed by atoms with van der Waals surface area (Å²) in [5, 5.41) is 26.0. The van der Waals surface area contributed by atoms with Crippen LogP contribution in [0.25, 0.3) is 0 Å². The molecule has 5 unspecified atom stereocenters. The van der Waals surface area contributed by atoms with Crippen LogP contribution in [0.1, 0.15) is 39.2 Å². The summed E-state index contributed by atoms with van der Waals surface area (Å²) in [5.41, 5.74) is 11.7. The second kappa shape index (κ2) is 14.0. The lowest BCUT2D eigenvalue weighted by atomic mass is 10.0. The second-order valence-electron chi connectivity index (χ2n) is 8.78. The summed E-state index contributed by atoms with van der Waals surface area (Å²) in [7, 11) is 0. The number of rotatable bonds is 14. The molecule has 0 heterocycles. The van der Waals surface area contributed by atoms with Gasteiger partial charge in [-0.1, -0.05) is 44.2 Å². The predicted octanol–water partition coefficient (Wildman–Crippen LogP) is -1.60. The Kier molecular flexibility index (Phi) is 11.8. The van der Waals surface area contributed by atoms with Gasteiger partial charge >= 0.3 is 5.97 Å². The van der Waals surface area contributed by atoms with Crippen LogP contribution >= 0.6 is 0 Å². The molecule has 0 spiro atoms. The van der Waals surface area contributed by atoms with Crippen LogP contribution in [-0.2, 0) is 30.4 Å². The number of primary amides is 1. The summed E-state index contributed by atoms with van der Waals surface area (Å²) in [5.74, 6) is -4.65. The van der Waals surface area contributed by atoms with Crippen molar-refractivity contribution < 1.29 is 34.2 Å². The highest BCUT2D eigenvalue weighted by Gasteiger charge is 2.32. The van der Waals surface area contributed by atoms with Gasteiger partial charge in [-0.2, -0.15) is 0 Å². The van der Waals surface area contributed by atoms with Crippen LogP contribution < -0.4 is 27.4 Å². The highest BCUT2D eigenvalue weighted by atomic mass is 16.4. The zero-order valence-electron chi connectivity index (χ0n) is 20.1. The number of nitrogens with one attached hydrogen (secondary N) is 3. The highest BCUT2D eigenvalue weighted by molar-refractivity contribution is 5.96. The Morgan fingerprint density at radius 3 is 1.91 bits per heavy atom. The molecular formula is C23H35N5O7. The molecule has 12 nitrogen and oxygen atoms in total. The number of aliphatic hydroxyl groups excluding tert-OH is 1. The number of hydrogen-bond acceptors (Lipinski definition) is 7. The Labute approximate surface area is 203 Å². The fraction of sp³-hybridized carbons (Fsp3) is 0.522. The molecule has 9 N–H and O–H groups in total. The van der Waals surface area contributed by atoms with E-state index in [1.807, 2.05) is 13.8 Å². The van der Waals surface area contributed by atoms with Gasteiger partial charge < -0.3 is 37.6 Å². The molecule has 35 heavy (non-hydrogen) atoms. The second-order valence-corrected chi connectivity index (χ2v) is 8.78. The highest BCUT2D eigenvalue weighted by Crippen LogP contribution is 2.07. The monoisotopic (exact) mass is 493 g/mol. The van der Waals surface area contributed by atoms with E-state index in [9.17, 15) is 34.2 Å². The summed E-state index contributed by atoms with van der Waals surface area (Å²) in [4.78, 5) is 61.3. The minimum absolute atomic E-state index is 0.0331. The molecule has 0 saturated carbocycles. The number of hydrogen-bond donors (Lipinski definition) is 7. The molecule has 0 saturated heterocycles. The molecule has 1 aromatic carbocycles. The number of nitrogens with two attached hydrogens (primary N) is 2. The standard InChI is InChI=1S/C23H35N5O7/c1-12(2)9-15(24)20(31)26-17(11-18(25)30)21(32)27-16(10-14-7-5-4-6-8-14)22(33)28-19(13(3)29)23(34)35/h4-8,12-13,15-17,19,29H,9-11,24H2,1-3H3,(H2,25,30)(H,26,31)(H,27,32)(H,28,33)(H,34,35). The van der Waals surface area contributed by atoms with Crippen LogP contribution in [-0.4, -0.2) is 70.1 Å². The summed E-state index contributed by atoms with van der Waals surface area (Å²) in [6.45, 7) is 4.93. The summed E-state index contributed by atoms with van der Waals surface area (Å²) < 4.78 is 0. The van der Waals surface area contributed by atoms with E-state index >= 15 is 0 Å². The van der Waals surface area contributed by atoms with Crippen LogP contribution in [0.15, 0.2) is 30.3 Å². The minimum atomic E-state index is -1.62. The maximum atomic E-state index is 13.0. The third kappa shape index (κ3) is 10.5. The SMILES string of the molecule is CC(C)CC(N)C(=O)NC(CC(N)=O)C(=O)NC(Cc1ccccc1)C(=O)NC(C(=O)O)C(C)O. The van der Waals surface area contributed by atoms with E-state index in [-0.39, 0.29) is 12.3 Å². The van der Waals surface area contributed by atoms with Crippen LogP contribution in [0.4, 0.5) is 0 Å². The number of carboxylic acids is 1. The quantitative estimate of drug-likeness (QED) is 0.160. The smallest absolute Gasteiger partial charge is 0.328 e. The first-order valence-electron chi connectivity index (χ1n) is 11.2. The molecule has 12 heteroatoms. The Morgan fingerprint density at radius 1 is 0.886 bits per heavy atom. The topological polar surface area (TPSA) is 214 Å². The van der Waals surface area contributed by atoms with Crippen LogP contribution in [0.3, 0.4) is 0 Å². The van der Waals surface area contributed by atoms with Gasteiger partial charge in [0.05, 0.1) is 18.6 Å². The van der Waals surface area contributed by atoms with Crippen molar-refractivity contribution in [1.82, 2.24) is 16.0 Å². The molecule has 0 radical (unpaired) electrons. The molecule has 4 amide bonds. The van der Waals surface area contributed by atoms with Crippen molar-refractivity contribution >= 4 is 29.6 Å². The first-order valence-corrected chi connectivity index (χ1v) is 11.2. The van der Waals surface area contributed by atoms with Gasteiger partial charge in [-0.05, 0) is 24.8 Å². The van der Waals surface area contributed by atoms with Crippen molar-refractivity contribution in [3.05, 3.63) is 35.9 Å². The first kappa shape index (κ1) is 29.5. The largest absolute Gasteiger partial charge is 0.480 e. The lowest BCUT2D eigenvalue weighted by molar-refractivity contribution is -0.145. The van der Waals surface area contributed by atoms with Gasteiger partial charge in [0.1, 0.15) is 12.1 Å². The number of carbonyl (C=O) groups is 5. The Morgan fingerprint density at radius 2 is 1.43 bits per heavy atom. The van der Waals surface area contributed by atoms with E-state index in [0.29, 0.717) is 12.0 Å². The maximum absolute atomic E-state index is 13.0. The average molecular weight is 494 g/mol. The van der Waals surface area contributed by atoms with Gasteiger partial charge in [-0.25, -0.2) is 4.79 Å². The molecule has 0 aliphatic rings. The number of carboxylic acid groups (broad SMARTS) is 1. The van der Waals surface area contributed by atoms with Gasteiger partial charge in [-0.3, -0.25) is 19.2 Å². The number of aliphatic hydroxyl groups is 1. The van der Waals surface area contributed by atoms with Crippen LogP contribution in [0.2, 0.25) is 0 Å². The normalized spacial score (nSPS) is 15.3. The fourth-order valence-electron chi connectivity index (χ4n) is 3.28. The van der Waals surface area contributed by atoms with Crippen LogP contribution in [0.5, 0.6) is 0 Å². The molecular weight excluding hydrogens is 458 g/mol. The fourth-order valence-corrected chi connectivity index (χ4v) is 3.28. The summed E-state index contributed by atoms with van der Waals surface area (Å²) >= 11 is 0. The first-order chi connectivity index (χ1) is 16.3. The van der Waals surface area contributed by atoms with Gasteiger partial charge in [0.25, 0.3) is 0 Å². The van der Waals surface area contributed by atoms with Crippen LogP contribution in [0, 0.1) is 5.92 Å².